The molecule has 1 aromatic rings. The highest BCUT2D eigenvalue weighted by molar-refractivity contribution is 5.56. The third kappa shape index (κ3) is 2.64. The first kappa shape index (κ1) is 13.0. The third-order valence-corrected chi connectivity index (χ3v) is 4.98. The molecular weight excluding hydrogens is 232 g/mol. The summed E-state index contributed by atoms with van der Waals surface area (Å²) in [5.74, 6) is 1.65. The van der Waals surface area contributed by atoms with Gasteiger partial charge in [-0.25, -0.2) is 0 Å². The van der Waals surface area contributed by atoms with Gasteiger partial charge in [-0.1, -0.05) is 26.0 Å². The molecule has 2 aliphatic heterocycles. The summed E-state index contributed by atoms with van der Waals surface area (Å²) in [6.45, 7) is 10.7. The second kappa shape index (κ2) is 5.16. The molecule has 0 aliphatic carbocycles. The van der Waals surface area contributed by atoms with Crippen LogP contribution in [-0.2, 0) is 13.0 Å². The van der Waals surface area contributed by atoms with E-state index in [4.69, 9.17) is 0 Å². The van der Waals surface area contributed by atoms with Gasteiger partial charge in [0.15, 0.2) is 0 Å². The van der Waals surface area contributed by atoms with Crippen LogP contribution >= 0.6 is 0 Å². The van der Waals surface area contributed by atoms with Crippen LogP contribution in [0.25, 0.3) is 0 Å². The van der Waals surface area contributed by atoms with Crippen molar-refractivity contribution in [2.75, 3.05) is 18.4 Å². The SMILES string of the molecule is CC1CC(C)C(C)N(Cc2ccc3c(c2)CCN3)C1. The number of nitrogens with one attached hydrogen (secondary N) is 1. The predicted octanol–water partition coefficient (Wildman–Crippen LogP) is 3.52. The van der Waals surface area contributed by atoms with Crippen molar-refractivity contribution in [3.63, 3.8) is 0 Å². The van der Waals surface area contributed by atoms with Gasteiger partial charge in [0, 0.05) is 31.4 Å². The highest BCUT2D eigenvalue weighted by Gasteiger charge is 2.28. The summed E-state index contributed by atoms with van der Waals surface area (Å²) in [5, 5.41) is 3.44. The molecule has 2 aliphatic rings. The topological polar surface area (TPSA) is 15.3 Å². The van der Waals surface area contributed by atoms with Gasteiger partial charge in [0.05, 0.1) is 0 Å². The van der Waals surface area contributed by atoms with Crippen molar-refractivity contribution in [2.45, 2.75) is 46.2 Å². The first-order chi connectivity index (χ1) is 9.13. The maximum atomic E-state index is 3.44. The van der Waals surface area contributed by atoms with Gasteiger partial charge in [0.2, 0.25) is 0 Å². The molecule has 2 heterocycles. The number of likely N-dealkylation sites (tertiary alicyclic amines) is 1. The van der Waals surface area contributed by atoms with Crippen LogP contribution < -0.4 is 5.32 Å². The first-order valence-corrected chi connectivity index (χ1v) is 7.73. The lowest BCUT2D eigenvalue weighted by molar-refractivity contribution is 0.0729. The summed E-state index contributed by atoms with van der Waals surface area (Å²) in [6, 6.07) is 7.68. The molecule has 1 saturated heterocycles. The van der Waals surface area contributed by atoms with E-state index in [0.717, 1.165) is 24.9 Å². The zero-order valence-corrected chi connectivity index (χ0v) is 12.4. The summed E-state index contributed by atoms with van der Waals surface area (Å²) in [7, 11) is 0. The molecule has 0 aromatic heterocycles. The standard InChI is InChI=1S/C17H26N2/c1-12-8-13(2)14(3)19(10-12)11-15-4-5-17-16(9-15)6-7-18-17/h4-5,9,12-14,18H,6-8,10-11H2,1-3H3. The van der Waals surface area contributed by atoms with Crippen LogP contribution in [0.2, 0.25) is 0 Å². The number of rotatable bonds is 2. The van der Waals surface area contributed by atoms with Crippen LogP contribution in [0, 0.1) is 11.8 Å². The molecule has 0 amide bonds. The van der Waals surface area contributed by atoms with Gasteiger partial charge in [-0.2, -0.15) is 0 Å². The Bertz CT molecular complexity index is 455. The molecule has 3 atom stereocenters. The molecule has 0 spiro atoms. The number of anilines is 1. The van der Waals surface area contributed by atoms with Crippen molar-refractivity contribution < 1.29 is 0 Å². The van der Waals surface area contributed by atoms with Crippen molar-refractivity contribution in [3.8, 4) is 0 Å². The van der Waals surface area contributed by atoms with E-state index in [9.17, 15) is 0 Å². The van der Waals surface area contributed by atoms with Gasteiger partial charge >= 0.3 is 0 Å². The van der Waals surface area contributed by atoms with Crippen molar-refractivity contribution >= 4 is 5.69 Å². The van der Waals surface area contributed by atoms with Crippen LogP contribution in [0.5, 0.6) is 0 Å². The zero-order chi connectivity index (χ0) is 13.4. The van der Waals surface area contributed by atoms with Crippen molar-refractivity contribution in [3.05, 3.63) is 29.3 Å². The molecular formula is C17H26N2. The van der Waals surface area contributed by atoms with Gasteiger partial charge in [0.25, 0.3) is 0 Å². The molecule has 1 fully saturated rings. The maximum Gasteiger partial charge on any atom is 0.0373 e. The zero-order valence-electron chi connectivity index (χ0n) is 12.4. The van der Waals surface area contributed by atoms with Crippen molar-refractivity contribution in [1.29, 1.82) is 0 Å². The molecule has 1 aromatic carbocycles. The highest BCUT2D eigenvalue weighted by atomic mass is 15.2. The average molecular weight is 258 g/mol. The Hall–Kier alpha value is -1.02. The maximum absolute atomic E-state index is 3.44. The van der Waals surface area contributed by atoms with Crippen molar-refractivity contribution in [2.24, 2.45) is 11.8 Å². The van der Waals surface area contributed by atoms with Crippen LogP contribution in [0.15, 0.2) is 18.2 Å². The Morgan fingerprint density at radius 2 is 2.11 bits per heavy atom. The fourth-order valence-electron chi connectivity index (χ4n) is 3.73. The molecule has 3 rings (SSSR count). The number of hydrogen-bond donors (Lipinski definition) is 1. The van der Waals surface area contributed by atoms with E-state index < -0.39 is 0 Å². The fraction of sp³-hybridized carbons (Fsp3) is 0.647. The normalized spacial score (nSPS) is 31.0. The number of nitrogens with zero attached hydrogens (tertiary/aromatic N) is 1. The van der Waals surface area contributed by atoms with E-state index in [0.29, 0.717) is 6.04 Å². The lowest BCUT2D eigenvalue weighted by Crippen LogP contribution is -2.45. The minimum absolute atomic E-state index is 0.711. The van der Waals surface area contributed by atoms with E-state index in [1.807, 2.05) is 0 Å². The summed E-state index contributed by atoms with van der Waals surface area (Å²) in [4.78, 5) is 2.67. The highest BCUT2D eigenvalue weighted by Crippen LogP contribution is 2.29. The van der Waals surface area contributed by atoms with Gasteiger partial charge in [-0.15, -0.1) is 0 Å². The molecule has 104 valence electrons. The summed E-state index contributed by atoms with van der Waals surface area (Å²) < 4.78 is 0. The Morgan fingerprint density at radius 3 is 2.95 bits per heavy atom. The molecule has 0 saturated carbocycles. The third-order valence-electron chi connectivity index (χ3n) is 4.98. The molecule has 2 nitrogen and oxygen atoms in total. The number of hydrogen-bond acceptors (Lipinski definition) is 2. The van der Waals surface area contributed by atoms with E-state index >= 15 is 0 Å². The lowest BCUT2D eigenvalue weighted by Gasteiger charge is -2.41. The molecule has 3 unspecified atom stereocenters. The minimum Gasteiger partial charge on any atom is -0.384 e. The van der Waals surface area contributed by atoms with E-state index in [1.54, 1.807) is 0 Å². The van der Waals surface area contributed by atoms with Crippen molar-refractivity contribution in [1.82, 2.24) is 4.90 Å². The van der Waals surface area contributed by atoms with E-state index in [-0.39, 0.29) is 0 Å². The Kier molecular flexibility index (Phi) is 3.53. The second-order valence-corrected chi connectivity index (χ2v) is 6.66. The smallest absolute Gasteiger partial charge is 0.0373 e. The minimum atomic E-state index is 0.711. The van der Waals surface area contributed by atoms with Gasteiger partial charge in [-0.3, -0.25) is 4.90 Å². The van der Waals surface area contributed by atoms with Gasteiger partial charge < -0.3 is 5.32 Å². The van der Waals surface area contributed by atoms with Crippen LogP contribution in [0.4, 0.5) is 5.69 Å². The number of fused-ring (bicyclic) bond motifs is 1. The summed E-state index contributed by atoms with van der Waals surface area (Å²) in [6.07, 6.45) is 2.57. The monoisotopic (exact) mass is 258 g/mol. The Labute approximate surface area is 117 Å². The Morgan fingerprint density at radius 1 is 1.26 bits per heavy atom. The van der Waals surface area contributed by atoms with E-state index in [1.165, 1.54) is 36.2 Å². The largest absolute Gasteiger partial charge is 0.384 e. The summed E-state index contributed by atoms with van der Waals surface area (Å²) in [5.41, 5.74) is 4.33. The number of benzene rings is 1. The molecule has 19 heavy (non-hydrogen) atoms. The van der Waals surface area contributed by atoms with E-state index in [2.05, 4.69) is 49.2 Å². The number of piperidine rings is 1. The first-order valence-electron chi connectivity index (χ1n) is 7.73. The van der Waals surface area contributed by atoms with Gasteiger partial charge in [-0.05, 0) is 48.8 Å². The second-order valence-electron chi connectivity index (χ2n) is 6.66. The van der Waals surface area contributed by atoms with Gasteiger partial charge in [0.1, 0.15) is 0 Å². The van der Waals surface area contributed by atoms with Crippen LogP contribution in [0.1, 0.15) is 38.3 Å². The van der Waals surface area contributed by atoms with Crippen LogP contribution in [-0.4, -0.2) is 24.0 Å². The summed E-state index contributed by atoms with van der Waals surface area (Å²) >= 11 is 0. The molecule has 0 radical (unpaired) electrons. The van der Waals surface area contributed by atoms with Crippen LogP contribution in [0.3, 0.4) is 0 Å². The molecule has 2 heteroatoms. The lowest BCUT2D eigenvalue weighted by atomic mass is 9.85. The molecule has 0 bridgehead atoms. The molecule has 1 N–H and O–H groups in total. The Balaban J connectivity index is 1.73. The quantitative estimate of drug-likeness (QED) is 0.873. The average Bonchev–Trinajstić information content (AvgIpc) is 2.82. The predicted molar refractivity (Wildman–Crippen MR) is 81.5 cm³/mol. The fourth-order valence-corrected chi connectivity index (χ4v) is 3.73.